The van der Waals surface area contributed by atoms with E-state index in [0.29, 0.717) is 11.3 Å². The van der Waals surface area contributed by atoms with Crippen molar-refractivity contribution < 1.29 is 4.79 Å². The highest BCUT2D eigenvalue weighted by molar-refractivity contribution is 9.10. The minimum atomic E-state index is -0.156. The summed E-state index contributed by atoms with van der Waals surface area (Å²) >= 11 is 3.35. The molecular formula is C15H15BrN2O. The number of rotatable bonds is 2. The van der Waals surface area contributed by atoms with E-state index in [-0.39, 0.29) is 5.91 Å². The number of anilines is 2. The van der Waals surface area contributed by atoms with Gasteiger partial charge in [-0.1, -0.05) is 28.1 Å². The monoisotopic (exact) mass is 318 g/mol. The fourth-order valence-corrected chi connectivity index (χ4v) is 2.33. The average molecular weight is 319 g/mol. The SMILES string of the molecule is Cc1cccc(NC(=O)c2cc(Br)cc(N)c2C)c1. The molecule has 0 atom stereocenters. The normalized spacial score (nSPS) is 10.3. The summed E-state index contributed by atoms with van der Waals surface area (Å²) in [5, 5.41) is 2.88. The van der Waals surface area contributed by atoms with Gasteiger partial charge in [-0.05, 0) is 49.2 Å². The topological polar surface area (TPSA) is 55.1 Å². The lowest BCUT2D eigenvalue weighted by atomic mass is 10.1. The molecule has 2 aromatic carbocycles. The summed E-state index contributed by atoms with van der Waals surface area (Å²) in [4.78, 5) is 12.3. The lowest BCUT2D eigenvalue weighted by Crippen LogP contribution is -2.14. The van der Waals surface area contributed by atoms with Crippen LogP contribution in [-0.4, -0.2) is 5.91 Å². The third kappa shape index (κ3) is 3.15. The zero-order valence-corrected chi connectivity index (χ0v) is 12.4. The van der Waals surface area contributed by atoms with Crippen LogP contribution in [0, 0.1) is 13.8 Å². The number of hydrogen-bond acceptors (Lipinski definition) is 2. The Morgan fingerprint density at radius 2 is 1.95 bits per heavy atom. The summed E-state index contributed by atoms with van der Waals surface area (Å²) in [6, 6.07) is 11.2. The van der Waals surface area contributed by atoms with Crippen molar-refractivity contribution >= 4 is 33.2 Å². The van der Waals surface area contributed by atoms with Crippen molar-refractivity contribution in [3.63, 3.8) is 0 Å². The molecular weight excluding hydrogens is 304 g/mol. The van der Waals surface area contributed by atoms with Gasteiger partial charge in [-0.2, -0.15) is 0 Å². The van der Waals surface area contributed by atoms with Crippen LogP contribution in [-0.2, 0) is 0 Å². The van der Waals surface area contributed by atoms with Gasteiger partial charge in [-0.25, -0.2) is 0 Å². The summed E-state index contributed by atoms with van der Waals surface area (Å²) in [7, 11) is 0. The van der Waals surface area contributed by atoms with Crippen LogP contribution in [0.1, 0.15) is 21.5 Å². The van der Waals surface area contributed by atoms with Crippen LogP contribution in [0.15, 0.2) is 40.9 Å². The van der Waals surface area contributed by atoms with Crippen LogP contribution in [0.3, 0.4) is 0 Å². The lowest BCUT2D eigenvalue weighted by Gasteiger charge is -2.10. The molecule has 0 aliphatic rings. The number of carbonyl (C=O) groups is 1. The number of aryl methyl sites for hydroxylation is 1. The van der Waals surface area contributed by atoms with Gasteiger partial charge < -0.3 is 11.1 Å². The average Bonchev–Trinajstić information content (AvgIpc) is 2.33. The molecule has 3 N–H and O–H groups in total. The molecule has 0 aliphatic carbocycles. The number of nitrogens with two attached hydrogens (primary N) is 1. The number of carbonyl (C=O) groups excluding carboxylic acids is 1. The first-order valence-corrected chi connectivity index (χ1v) is 6.70. The maximum atomic E-state index is 12.3. The van der Waals surface area contributed by atoms with Crippen LogP contribution >= 0.6 is 15.9 Å². The zero-order valence-electron chi connectivity index (χ0n) is 10.8. The molecule has 0 heterocycles. The quantitative estimate of drug-likeness (QED) is 0.825. The molecule has 2 rings (SSSR count). The Morgan fingerprint density at radius 3 is 2.63 bits per heavy atom. The van der Waals surface area contributed by atoms with Gasteiger partial charge in [0, 0.05) is 21.4 Å². The van der Waals surface area contributed by atoms with Gasteiger partial charge in [0.25, 0.3) is 5.91 Å². The van der Waals surface area contributed by atoms with Crippen LogP contribution < -0.4 is 11.1 Å². The maximum absolute atomic E-state index is 12.3. The van der Waals surface area contributed by atoms with Crippen molar-refractivity contribution in [1.29, 1.82) is 0 Å². The minimum Gasteiger partial charge on any atom is -0.398 e. The molecule has 0 spiro atoms. The van der Waals surface area contributed by atoms with Gasteiger partial charge in [0.1, 0.15) is 0 Å². The van der Waals surface area contributed by atoms with E-state index >= 15 is 0 Å². The van der Waals surface area contributed by atoms with E-state index in [4.69, 9.17) is 5.73 Å². The van der Waals surface area contributed by atoms with E-state index in [1.807, 2.05) is 38.1 Å². The molecule has 0 saturated carbocycles. The first kappa shape index (κ1) is 13.6. The minimum absolute atomic E-state index is 0.156. The second kappa shape index (κ2) is 5.45. The van der Waals surface area contributed by atoms with Gasteiger partial charge in [0.2, 0.25) is 0 Å². The van der Waals surface area contributed by atoms with E-state index in [1.54, 1.807) is 12.1 Å². The van der Waals surface area contributed by atoms with Gasteiger partial charge in [0.15, 0.2) is 0 Å². The van der Waals surface area contributed by atoms with E-state index in [1.165, 1.54) is 0 Å². The number of halogens is 1. The molecule has 19 heavy (non-hydrogen) atoms. The van der Waals surface area contributed by atoms with Crippen molar-refractivity contribution in [2.24, 2.45) is 0 Å². The fraction of sp³-hybridized carbons (Fsp3) is 0.133. The predicted octanol–water partition coefficient (Wildman–Crippen LogP) is 3.90. The van der Waals surface area contributed by atoms with Gasteiger partial charge >= 0.3 is 0 Å². The molecule has 0 aliphatic heterocycles. The second-order valence-corrected chi connectivity index (χ2v) is 5.41. The molecule has 0 radical (unpaired) electrons. The van der Waals surface area contributed by atoms with Crippen LogP contribution in [0.5, 0.6) is 0 Å². The summed E-state index contributed by atoms with van der Waals surface area (Å²) in [6.07, 6.45) is 0. The Morgan fingerprint density at radius 1 is 1.21 bits per heavy atom. The lowest BCUT2D eigenvalue weighted by molar-refractivity contribution is 0.102. The molecule has 0 unspecified atom stereocenters. The summed E-state index contributed by atoms with van der Waals surface area (Å²) in [5.74, 6) is -0.156. The molecule has 4 heteroatoms. The van der Waals surface area contributed by atoms with Crippen LogP contribution in [0.25, 0.3) is 0 Å². The number of nitrogens with one attached hydrogen (secondary N) is 1. The smallest absolute Gasteiger partial charge is 0.256 e. The van der Waals surface area contributed by atoms with Gasteiger partial charge in [0.05, 0.1) is 0 Å². The van der Waals surface area contributed by atoms with Crippen LogP contribution in [0.2, 0.25) is 0 Å². The van der Waals surface area contributed by atoms with Crippen molar-refractivity contribution in [3.05, 3.63) is 57.6 Å². The van der Waals surface area contributed by atoms with Gasteiger partial charge in [-0.3, -0.25) is 4.79 Å². The Kier molecular flexibility index (Phi) is 3.90. The van der Waals surface area contributed by atoms with Crippen molar-refractivity contribution in [1.82, 2.24) is 0 Å². The highest BCUT2D eigenvalue weighted by Gasteiger charge is 2.12. The third-order valence-electron chi connectivity index (χ3n) is 2.93. The molecule has 2 aromatic rings. The Balaban J connectivity index is 2.30. The summed E-state index contributed by atoms with van der Waals surface area (Å²) in [5.41, 5.74) is 9.71. The summed E-state index contributed by atoms with van der Waals surface area (Å²) in [6.45, 7) is 3.82. The van der Waals surface area contributed by atoms with E-state index in [9.17, 15) is 4.79 Å². The molecule has 0 bridgehead atoms. The van der Waals surface area contributed by atoms with Gasteiger partial charge in [-0.15, -0.1) is 0 Å². The van der Waals surface area contributed by atoms with E-state index in [0.717, 1.165) is 21.3 Å². The predicted molar refractivity (Wildman–Crippen MR) is 82.4 cm³/mol. The largest absolute Gasteiger partial charge is 0.398 e. The Hall–Kier alpha value is -1.81. The zero-order chi connectivity index (χ0) is 14.0. The van der Waals surface area contributed by atoms with Crippen molar-refractivity contribution in [3.8, 4) is 0 Å². The number of amides is 1. The fourth-order valence-electron chi connectivity index (χ4n) is 1.86. The van der Waals surface area contributed by atoms with Crippen molar-refractivity contribution in [2.45, 2.75) is 13.8 Å². The second-order valence-electron chi connectivity index (χ2n) is 4.49. The third-order valence-corrected chi connectivity index (χ3v) is 3.39. The Labute approximate surface area is 121 Å². The molecule has 98 valence electrons. The molecule has 1 amide bonds. The number of nitrogen functional groups attached to an aromatic ring is 1. The molecule has 3 nitrogen and oxygen atoms in total. The first-order valence-electron chi connectivity index (χ1n) is 5.91. The van der Waals surface area contributed by atoms with Crippen molar-refractivity contribution in [2.75, 3.05) is 11.1 Å². The van der Waals surface area contributed by atoms with Crippen LogP contribution in [0.4, 0.5) is 11.4 Å². The molecule has 0 saturated heterocycles. The maximum Gasteiger partial charge on any atom is 0.256 e. The number of benzene rings is 2. The Bertz CT molecular complexity index is 638. The number of hydrogen-bond donors (Lipinski definition) is 2. The highest BCUT2D eigenvalue weighted by Crippen LogP contribution is 2.23. The van der Waals surface area contributed by atoms with E-state index < -0.39 is 0 Å². The van der Waals surface area contributed by atoms with E-state index in [2.05, 4.69) is 21.2 Å². The summed E-state index contributed by atoms with van der Waals surface area (Å²) < 4.78 is 0.796. The molecule has 0 fully saturated rings. The molecule has 0 aromatic heterocycles. The standard InChI is InChI=1S/C15H15BrN2O/c1-9-4-3-5-12(6-9)18-15(19)13-7-11(16)8-14(17)10(13)2/h3-8H,17H2,1-2H3,(H,18,19). The highest BCUT2D eigenvalue weighted by atomic mass is 79.9. The first-order chi connectivity index (χ1) is 8.97.